The minimum absolute atomic E-state index is 0.0795. The van der Waals surface area contributed by atoms with Gasteiger partial charge in [-0.05, 0) is 55.7 Å². The second-order valence-corrected chi connectivity index (χ2v) is 9.29. The van der Waals surface area contributed by atoms with Crippen LogP contribution in [0.5, 0.6) is 11.5 Å². The zero-order valence-electron chi connectivity index (χ0n) is 22.6. The largest absolute Gasteiger partial charge is 0.464 e. The summed E-state index contributed by atoms with van der Waals surface area (Å²) < 4.78 is 27.8. The van der Waals surface area contributed by atoms with Crippen LogP contribution in [0.4, 0.5) is 0 Å². The van der Waals surface area contributed by atoms with E-state index in [1.54, 1.807) is 9.80 Å². The maximum atomic E-state index is 13.7. The Morgan fingerprint density at radius 2 is 1.69 bits per heavy atom. The summed E-state index contributed by atoms with van der Waals surface area (Å²) in [6, 6.07) is 19.0. The van der Waals surface area contributed by atoms with Gasteiger partial charge in [-0.3, -0.25) is 9.59 Å². The maximum absolute atomic E-state index is 13.7. The van der Waals surface area contributed by atoms with Crippen LogP contribution in [0.25, 0.3) is 0 Å². The molecule has 0 fully saturated rings. The van der Waals surface area contributed by atoms with Crippen LogP contribution >= 0.6 is 0 Å². The highest BCUT2D eigenvalue weighted by atomic mass is 16.7. The third-order valence-electron chi connectivity index (χ3n) is 6.24. The van der Waals surface area contributed by atoms with Crippen molar-refractivity contribution in [1.82, 2.24) is 9.80 Å². The average molecular weight is 537 g/mol. The second-order valence-electron chi connectivity index (χ2n) is 9.29. The molecular weight excluding hydrogens is 500 g/mol. The number of hydrogen-bond donors (Lipinski definition) is 0. The van der Waals surface area contributed by atoms with Gasteiger partial charge in [0.25, 0.3) is 0 Å². The number of fused-ring (bicyclic) bond motifs is 1. The lowest BCUT2D eigenvalue weighted by Gasteiger charge is -2.27. The zero-order chi connectivity index (χ0) is 27.5. The number of hydrogen-bond acceptors (Lipinski definition) is 7. The van der Waals surface area contributed by atoms with Crippen molar-refractivity contribution in [2.75, 3.05) is 39.7 Å². The quantitative estimate of drug-likeness (QED) is 0.267. The fourth-order valence-corrected chi connectivity index (χ4v) is 4.23. The molecule has 3 aromatic rings. The predicted octanol–water partition coefficient (Wildman–Crippen LogP) is 4.32. The molecule has 0 unspecified atom stereocenters. The standard InChI is InChI=1S/C30H36N2O7/c1-3-35-15-7-14-31(30(34)21-36-20-24-8-5-4-6-9-24)19-29(33)32(18-26-12-10-23(2)39-26)17-25-11-13-27-28(16-25)38-22-37-27/h4-6,8-13,16H,3,7,14-15,17-22H2,1-2H3. The maximum Gasteiger partial charge on any atom is 0.249 e. The fourth-order valence-electron chi connectivity index (χ4n) is 4.23. The number of amides is 2. The van der Waals surface area contributed by atoms with Gasteiger partial charge in [-0.2, -0.15) is 0 Å². The molecule has 4 rings (SSSR count). The molecule has 9 heteroatoms. The third kappa shape index (κ3) is 8.59. The zero-order valence-corrected chi connectivity index (χ0v) is 22.6. The number of carbonyl (C=O) groups is 2. The summed E-state index contributed by atoms with van der Waals surface area (Å²) in [6.45, 7) is 6.17. The lowest BCUT2D eigenvalue weighted by molar-refractivity contribution is -0.144. The van der Waals surface area contributed by atoms with E-state index in [0.29, 0.717) is 56.6 Å². The molecule has 2 aromatic carbocycles. The Morgan fingerprint density at radius 1 is 0.872 bits per heavy atom. The van der Waals surface area contributed by atoms with Crippen LogP contribution in [0, 0.1) is 6.92 Å². The lowest BCUT2D eigenvalue weighted by atomic mass is 10.2. The highest BCUT2D eigenvalue weighted by Crippen LogP contribution is 2.33. The molecule has 2 heterocycles. The summed E-state index contributed by atoms with van der Waals surface area (Å²) in [7, 11) is 0. The lowest BCUT2D eigenvalue weighted by Crippen LogP contribution is -2.44. The number of benzene rings is 2. The van der Waals surface area contributed by atoms with Gasteiger partial charge in [-0.25, -0.2) is 0 Å². The van der Waals surface area contributed by atoms with Crippen LogP contribution in [-0.2, 0) is 38.8 Å². The van der Waals surface area contributed by atoms with Crippen molar-refractivity contribution < 1.29 is 33.0 Å². The Kier molecular flexibility index (Phi) is 10.4. The molecule has 1 aliphatic heterocycles. The van der Waals surface area contributed by atoms with Crippen LogP contribution in [-0.4, -0.2) is 61.3 Å². The van der Waals surface area contributed by atoms with Crippen LogP contribution in [0.15, 0.2) is 65.1 Å². The topological polar surface area (TPSA) is 90.7 Å². The van der Waals surface area contributed by atoms with Gasteiger partial charge in [-0.1, -0.05) is 36.4 Å². The number of ether oxygens (including phenoxy) is 4. The van der Waals surface area contributed by atoms with Crippen molar-refractivity contribution in [2.24, 2.45) is 0 Å². The molecule has 0 saturated carbocycles. The molecule has 0 bridgehead atoms. The van der Waals surface area contributed by atoms with E-state index in [1.807, 2.05) is 74.5 Å². The molecule has 9 nitrogen and oxygen atoms in total. The van der Waals surface area contributed by atoms with Crippen molar-refractivity contribution in [1.29, 1.82) is 0 Å². The Bertz CT molecular complexity index is 1210. The van der Waals surface area contributed by atoms with E-state index >= 15 is 0 Å². The molecule has 1 aromatic heterocycles. The minimum atomic E-state index is -0.243. The summed E-state index contributed by atoms with van der Waals surface area (Å²) in [5.41, 5.74) is 1.87. The molecule has 0 aliphatic carbocycles. The molecule has 0 radical (unpaired) electrons. The summed E-state index contributed by atoms with van der Waals surface area (Å²) >= 11 is 0. The Hall–Kier alpha value is -3.82. The van der Waals surface area contributed by atoms with Crippen LogP contribution in [0.3, 0.4) is 0 Å². The fraction of sp³-hybridized carbons (Fsp3) is 0.400. The van der Waals surface area contributed by atoms with Crippen molar-refractivity contribution >= 4 is 11.8 Å². The molecule has 0 atom stereocenters. The van der Waals surface area contributed by atoms with Gasteiger partial charge in [-0.15, -0.1) is 0 Å². The van der Waals surface area contributed by atoms with Gasteiger partial charge >= 0.3 is 0 Å². The van der Waals surface area contributed by atoms with Gasteiger partial charge in [0, 0.05) is 26.3 Å². The number of furan rings is 1. The first-order chi connectivity index (χ1) is 19.0. The number of rotatable bonds is 15. The number of aryl methyl sites for hydroxylation is 1. The highest BCUT2D eigenvalue weighted by Gasteiger charge is 2.24. The van der Waals surface area contributed by atoms with E-state index in [0.717, 1.165) is 16.9 Å². The van der Waals surface area contributed by atoms with E-state index in [9.17, 15) is 9.59 Å². The third-order valence-corrected chi connectivity index (χ3v) is 6.24. The van der Waals surface area contributed by atoms with Gasteiger partial charge in [0.2, 0.25) is 18.6 Å². The summed E-state index contributed by atoms with van der Waals surface area (Å²) in [4.78, 5) is 30.0. The highest BCUT2D eigenvalue weighted by molar-refractivity contribution is 5.85. The summed E-state index contributed by atoms with van der Waals surface area (Å²) in [5, 5.41) is 0. The van der Waals surface area contributed by atoms with Crippen molar-refractivity contribution in [3.8, 4) is 11.5 Å². The molecule has 208 valence electrons. The molecule has 0 saturated heterocycles. The molecule has 39 heavy (non-hydrogen) atoms. The van der Waals surface area contributed by atoms with E-state index < -0.39 is 0 Å². The van der Waals surface area contributed by atoms with E-state index in [-0.39, 0.29) is 38.3 Å². The Balaban J connectivity index is 1.44. The molecular formula is C30H36N2O7. The van der Waals surface area contributed by atoms with Gasteiger partial charge < -0.3 is 33.2 Å². The smallest absolute Gasteiger partial charge is 0.249 e. The van der Waals surface area contributed by atoms with Gasteiger partial charge in [0.15, 0.2) is 11.5 Å². The second kappa shape index (κ2) is 14.4. The summed E-state index contributed by atoms with van der Waals surface area (Å²) in [6.07, 6.45) is 0.616. The normalized spacial score (nSPS) is 11.9. The predicted molar refractivity (Wildman–Crippen MR) is 144 cm³/mol. The van der Waals surface area contributed by atoms with E-state index in [1.165, 1.54) is 0 Å². The average Bonchev–Trinajstić information content (AvgIpc) is 3.58. The Labute approximate surface area is 229 Å². The van der Waals surface area contributed by atoms with Crippen LogP contribution in [0.2, 0.25) is 0 Å². The van der Waals surface area contributed by atoms with Crippen LogP contribution < -0.4 is 9.47 Å². The van der Waals surface area contributed by atoms with Crippen molar-refractivity contribution in [3.05, 3.63) is 83.3 Å². The van der Waals surface area contributed by atoms with Gasteiger partial charge in [0.05, 0.1) is 19.7 Å². The number of carbonyl (C=O) groups excluding carboxylic acids is 2. The molecule has 2 amide bonds. The molecule has 0 spiro atoms. The Morgan fingerprint density at radius 3 is 2.46 bits per heavy atom. The van der Waals surface area contributed by atoms with Crippen molar-refractivity contribution in [3.63, 3.8) is 0 Å². The first kappa shape index (κ1) is 28.2. The number of nitrogens with zero attached hydrogens (tertiary/aromatic N) is 2. The SMILES string of the molecule is CCOCCCN(CC(=O)N(Cc1ccc2c(c1)OCO2)Cc1ccc(C)o1)C(=O)COCc1ccccc1. The van der Waals surface area contributed by atoms with Gasteiger partial charge in [0.1, 0.15) is 18.1 Å². The first-order valence-electron chi connectivity index (χ1n) is 13.2. The van der Waals surface area contributed by atoms with E-state index in [2.05, 4.69) is 0 Å². The summed E-state index contributed by atoms with van der Waals surface area (Å²) in [5.74, 6) is 2.32. The molecule has 0 N–H and O–H groups in total. The first-order valence-corrected chi connectivity index (χ1v) is 13.2. The van der Waals surface area contributed by atoms with Crippen molar-refractivity contribution in [2.45, 2.75) is 40.0 Å². The molecule has 1 aliphatic rings. The van der Waals surface area contributed by atoms with Crippen LogP contribution in [0.1, 0.15) is 36.0 Å². The monoisotopic (exact) mass is 536 g/mol. The van der Waals surface area contributed by atoms with E-state index in [4.69, 9.17) is 23.4 Å². The minimum Gasteiger partial charge on any atom is -0.464 e.